The summed E-state index contributed by atoms with van der Waals surface area (Å²) in [6.07, 6.45) is 1.74. The van der Waals surface area contributed by atoms with Crippen molar-refractivity contribution in [1.82, 2.24) is 0 Å². The molecule has 0 bridgehead atoms. The van der Waals surface area contributed by atoms with Crippen LogP contribution in [-0.4, -0.2) is 49.9 Å². The molecule has 0 aromatic heterocycles. The average Bonchev–Trinajstić information content (AvgIpc) is 2.25. The van der Waals surface area contributed by atoms with Crippen LogP contribution in [0.2, 0.25) is 0 Å². The molecule has 98 valence electrons. The lowest BCUT2D eigenvalue weighted by atomic mass is 10.4. The normalized spacial score (nSPS) is 11.6. The molecule has 4 nitrogen and oxygen atoms in total. The minimum absolute atomic E-state index is 0.226. The first-order chi connectivity index (χ1) is 7.24. The molecule has 0 aliphatic carbocycles. The number of rotatable bonds is 6. The maximum atomic E-state index is 9.90. The van der Waals surface area contributed by atoms with Gasteiger partial charge in [0.05, 0.1) is 32.4 Å². The van der Waals surface area contributed by atoms with Gasteiger partial charge in [0.2, 0.25) is 0 Å². The van der Waals surface area contributed by atoms with Gasteiger partial charge in [-0.05, 0) is 27.2 Å². The van der Waals surface area contributed by atoms with Crippen molar-refractivity contribution in [2.45, 2.75) is 27.2 Å². The minimum Gasteiger partial charge on any atom is -0.327 e. The van der Waals surface area contributed by atoms with Crippen molar-refractivity contribution in [3.05, 3.63) is 12.7 Å². The fraction of sp³-hybridized carbons (Fsp3) is 0.818. The lowest BCUT2D eigenvalue weighted by molar-refractivity contribution is -0.904. The Bertz CT molecular complexity index is 261. The number of hydrogen-bond acceptors (Lipinski definition) is 2. The van der Waals surface area contributed by atoms with Crippen LogP contribution in [0.25, 0.3) is 0 Å². The van der Waals surface area contributed by atoms with E-state index in [0.717, 1.165) is 0 Å². The molecular weight excluding hydrogens is 226 g/mol. The zero-order chi connectivity index (χ0) is 13.2. The molecule has 1 N–H and O–H groups in total. The second-order valence-corrected chi connectivity index (χ2v) is 5.50. The Balaban J connectivity index is 0. The molecule has 5 heteroatoms. The van der Waals surface area contributed by atoms with Gasteiger partial charge in [-0.2, -0.15) is 8.42 Å². The Morgan fingerprint density at radius 2 is 1.56 bits per heavy atom. The van der Waals surface area contributed by atoms with Crippen molar-refractivity contribution < 1.29 is 17.5 Å². The smallest absolute Gasteiger partial charge is 0.265 e. The summed E-state index contributed by atoms with van der Waals surface area (Å²) < 4.78 is 29.1. The van der Waals surface area contributed by atoms with Gasteiger partial charge in [0, 0.05) is 0 Å². The first kappa shape index (κ1) is 18.0. The fourth-order valence-electron chi connectivity index (χ4n) is 0.903. The Hall–Kier alpha value is -0.390. The van der Waals surface area contributed by atoms with Crippen LogP contribution in [0.1, 0.15) is 27.2 Å². The molecule has 0 aromatic rings. The number of allylic oxidation sites excluding steroid dienone is 1. The fourth-order valence-corrected chi connectivity index (χ4v) is 1.37. The molecule has 16 heavy (non-hydrogen) atoms. The Labute approximate surface area is 100 Å². The molecule has 0 rings (SSSR count). The van der Waals surface area contributed by atoms with Crippen molar-refractivity contribution in [2.75, 3.05) is 32.4 Å². The van der Waals surface area contributed by atoms with Gasteiger partial charge in [-0.15, -0.1) is 6.58 Å². The van der Waals surface area contributed by atoms with E-state index in [0.29, 0.717) is 6.42 Å². The van der Waals surface area contributed by atoms with Crippen LogP contribution in [0, 0.1) is 0 Å². The van der Waals surface area contributed by atoms with Gasteiger partial charge in [0.25, 0.3) is 10.1 Å². The Morgan fingerprint density at radius 1 is 1.19 bits per heavy atom. The molecule has 0 unspecified atom stereocenters. The van der Waals surface area contributed by atoms with Crippen LogP contribution in [-0.2, 0) is 10.1 Å². The summed E-state index contributed by atoms with van der Waals surface area (Å²) in [4.78, 5) is 0. The summed E-state index contributed by atoms with van der Waals surface area (Å²) in [6.45, 7) is 13.8. The molecule has 0 saturated carbocycles. The summed E-state index contributed by atoms with van der Waals surface area (Å²) in [6, 6.07) is 0. The summed E-state index contributed by atoms with van der Waals surface area (Å²) in [5.74, 6) is -0.226. The van der Waals surface area contributed by atoms with Gasteiger partial charge in [-0.1, -0.05) is 6.08 Å². The second-order valence-electron chi connectivity index (χ2n) is 3.93. The molecule has 0 spiro atoms. The van der Waals surface area contributed by atoms with E-state index in [2.05, 4.69) is 34.4 Å². The van der Waals surface area contributed by atoms with Gasteiger partial charge >= 0.3 is 0 Å². The highest BCUT2D eigenvalue weighted by atomic mass is 32.2. The molecule has 0 aromatic carbocycles. The van der Waals surface area contributed by atoms with E-state index >= 15 is 0 Å². The van der Waals surface area contributed by atoms with Crippen molar-refractivity contribution in [3.63, 3.8) is 0 Å². The summed E-state index contributed by atoms with van der Waals surface area (Å²) in [5, 5.41) is 0. The lowest BCUT2D eigenvalue weighted by Gasteiger charge is -2.30. The van der Waals surface area contributed by atoms with Crippen LogP contribution in [0.15, 0.2) is 12.7 Å². The molecule has 0 atom stereocenters. The largest absolute Gasteiger partial charge is 0.327 e. The number of hydrogen-bond donors (Lipinski definition) is 1. The van der Waals surface area contributed by atoms with E-state index in [4.69, 9.17) is 4.55 Å². The van der Waals surface area contributed by atoms with Crippen LogP contribution in [0.5, 0.6) is 0 Å². The van der Waals surface area contributed by atoms with E-state index in [-0.39, 0.29) is 5.75 Å². The lowest BCUT2D eigenvalue weighted by Crippen LogP contribution is -2.42. The Morgan fingerprint density at radius 3 is 1.62 bits per heavy atom. The molecule has 0 fully saturated rings. The highest BCUT2D eigenvalue weighted by Crippen LogP contribution is 1.97. The van der Waals surface area contributed by atoms with E-state index in [1.807, 2.05) is 0 Å². The molecule has 0 saturated heterocycles. The molecule has 0 heterocycles. The number of nitrogens with zero attached hydrogens (tertiary/aromatic N) is 1. The van der Waals surface area contributed by atoms with Crippen molar-refractivity contribution in [2.24, 2.45) is 0 Å². The topological polar surface area (TPSA) is 54.4 Å². The maximum Gasteiger partial charge on any atom is 0.265 e. The summed E-state index contributed by atoms with van der Waals surface area (Å²) in [5.41, 5.74) is 0. The average molecular weight is 252 g/mol. The van der Waals surface area contributed by atoms with Gasteiger partial charge < -0.3 is 4.48 Å². The van der Waals surface area contributed by atoms with Gasteiger partial charge in [0.1, 0.15) is 0 Å². The van der Waals surface area contributed by atoms with Gasteiger partial charge in [-0.3, -0.25) is 4.55 Å². The highest BCUT2D eigenvalue weighted by molar-refractivity contribution is 7.85. The standard InChI is InChI=1S/C7H18N.C4H8O3S/c1-5-8(4,6-2)7-3;1-2-3-4-8(5,6)7/h5-7H2,1-4H3;2H,1,3-4H2,(H,5,6,7)/q+1;. The second kappa shape index (κ2) is 8.73. The third-order valence-corrected chi connectivity index (χ3v) is 3.62. The SMILES string of the molecule is C=CCCS(=O)(=O)O.CC[N+](C)(CC)CC. The molecule has 0 radical (unpaired) electrons. The van der Waals surface area contributed by atoms with Gasteiger partial charge in [-0.25, -0.2) is 0 Å². The van der Waals surface area contributed by atoms with E-state index in [1.54, 1.807) is 0 Å². The third-order valence-electron chi connectivity index (χ3n) is 2.87. The predicted molar refractivity (Wildman–Crippen MR) is 69.0 cm³/mol. The third kappa shape index (κ3) is 11.7. The van der Waals surface area contributed by atoms with Crippen molar-refractivity contribution >= 4 is 10.1 Å². The zero-order valence-corrected chi connectivity index (χ0v) is 11.8. The molecule has 0 aliphatic heterocycles. The number of quaternary nitrogens is 1. The summed E-state index contributed by atoms with van der Waals surface area (Å²) >= 11 is 0. The van der Waals surface area contributed by atoms with Crippen LogP contribution < -0.4 is 0 Å². The van der Waals surface area contributed by atoms with E-state index in [9.17, 15) is 8.42 Å². The zero-order valence-electron chi connectivity index (χ0n) is 10.9. The highest BCUT2D eigenvalue weighted by Gasteiger charge is 2.10. The Kier molecular flexibility index (Phi) is 9.81. The van der Waals surface area contributed by atoms with Crippen LogP contribution >= 0.6 is 0 Å². The van der Waals surface area contributed by atoms with E-state index in [1.165, 1.54) is 30.2 Å². The predicted octanol–water partition coefficient (Wildman–Crippen LogP) is 1.94. The maximum absolute atomic E-state index is 9.90. The first-order valence-electron chi connectivity index (χ1n) is 5.64. The van der Waals surface area contributed by atoms with Crippen molar-refractivity contribution in [3.8, 4) is 0 Å². The summed E-state index contributed by atoms with van der Waals surface area (Å²) in [7, 11) is -1.47. The molecule has 0 amide bonds. The molecular formula is C11H26NO3S+. The quantitative estimate of drug-likeness (QED) is 0.446. The minimum atomic E-state index is -3.76. The van der Waals surface area contributed by atoms with Gasteiger partial charge in [0.15, 0.2) is 0 Å². The van der Waals surface area contributed by atoms with Crippen molar-refractivity contribution in [1.29, 1.82) is 0 Å². The van der Waals surface area contributed by atoms with Crippen LogP contribution in [0.4, 0.5) is 0 Å². The van der Waals surface area contributed by atoms with E-state index < -0.39 is 10.1 Å². The monoisotopic (exact) mass is 252 g/mol. The first-order valence-corrected chi connectivity index (χ1v) is 7.25. The molecule has 0 aliphatic rings. The van der Waals surface area contributed by atoms with Crippen LogP contribution in [0.3, 0.4) is 0 Å².